The predicted molar refractivity (Wildman–Crippen MR) is 67.4 cm³/mol. The van der Waals surface area contributed by atoms with Gasteiger partial charge in [0.1, 0.15) is 0 Å². The summed E-state index contributed by atoms with van der Waals surface area (Å²) >= 11 is 7.35. The molecule has 3 rings (SSSR count). The van der Waals surface area contributed by atoms with Crippen LogP contribution in [0, 0.1) is 0 Å². The van der Waals surface area contributed by atoms with Gasteiger partial charge in [0.2, 0.25) is 0 Å². The number of carbonyl (C=O) groups is 1. The van der Waals surface area contributed by atoms with E-state index in [1.54, 1.807) is 4.68 Å². The molecule has 0 spiro atoms. The zero-order valence-electron chi connectivity index (χ0n) is 9.34. The van der Waals surface area contributed by atoms with Crippen LogP contribution in [0.2, 0.25) is 4.34 Å². The number of carboxylic acid groups (broad SMARTS) is 1. The Bertz CT molecular complexity index is 603. The van der Waals surface area contributed by atoms with Crippen LogP contribution in [0.1, 0.15) is 39.8 Å². The Balaban J connectivity index is 1.94. The molecule has 0 amide bonds. The lowest BCUT2D eigenvalue weighted by molar-refractivity contribution is 0.0689. The van der Waals surface area contributed by atoms with Crippen LogP contribution in [-0.2, 0) is 6.54 Å². The number of halogens is 1. The highest BCUT2D eigenvalue weighted by Gasteiger charge is 2.33. The first-order chi connectivity index (χ1) is 8.65. The first-order valence-electron chi connectivity index (χ1n) is 5.56. The van der Waals surface area contributed by atoms with Crippen molar-refractivity contribution in [3.63, 3.8) is 0 Å². The lowest BCUT2D eigenvalue weighted by Gasteiger charge is -2.03. The van der Waals surface area contributed by atoms with Gasteiger partial charge < -0.3 is 5.11 Å². The normalized spacial score (nSPS) is 14.9. The van der Waals surface area contributed by atoms with E-state index in [0.717, 1.165) is 27.7 Å². The molecule has 0 radical (unpaired) electrons. The Hall–Kier alpha value is -1.40. The zero-order valence-corrected chi connectivity index (χ0v) is 10.9. The Morgan fingerprint density at radius 1 is 1.56 bits per heavy atom. The smallest absolute Gasteiger partial charge is 0.358 e. The van der Waals surface area contributed by atoms with Gasteiger partial charge in [-0.25, -0.2) is 9.48 Å². The van der Waals surface area contributed by atoms with Crippen molar-refractivity contribution in [2.75, 3.05) is 0 Å². The molecule has 2 aromatic heterocycles. The highest BCUT2D eigenvalue weighted by molar-refractivity contribution is 7.16. The summed E-state index contributed by atoms with van der Waals surface area (Å²) in [7, 11) is 0. The standard InChI is InChI=1S/C11H10ClN3O2S/c12-8-4-3-7(18-8)5-15-10(6-1-2-6)9(11(16)17)13-14-15/h3-4,6H,1-2,5H2,(H,16,17). The van der Waals surface area contributed by atoms with Gasteiger partial charge in [-0.2, -0.15) is 0 Å². The minimum Gasteiger partial charge on any atom is -0.476 e. The summed E-state index contributed by atoms with van der Waals surface area (Å²) < 4.78 is 2.40. The monoisotopic (exact) mass is 283 g/mol. The molecule has 18 heavy (non-hydrogen) atoms. The largest absolute Gasteiger partial charge is 0.476 e. The van der Waals surface area contributed by atoms with Crippen molar-refractivity contribution in [3.8, 4) is 0 Å². The minimum atomic E-state index is -1.01. The summed E-state index contributed by atoms with van der Waals surface area (Å²) in [6, 6.07) is 3.75. The van der Waals surface area contributed by atoms with E-state index in [9.17, 15) is 4.79 Å². The number of hydrogen-bond donors (Lipinski definition) is 1. The van der Waals surface area contributed by atoms with Crippen LogP contribution in [0.4, 0.5) is 0 Å². The van der Waals surface area contributed by atoms with Crippen LogP contribution in [0.5, 0.6) is 0 Å². The molecule has 5 nitrogen and oxygen atoms in total. The number of carboxylic acids is 1. The number of nitrogens with zero attached hydrogens (tertiary/aromatic N) is 3. The summed E-state index contributed by atoms with van der Waals surface area (Å²) in [4.78, 5) is 12.1. The molecular weight excluding hydrogens is 274 g/mol. The van der Waals surface area contributed by atoms with E-state index in [-0.39, 0.29) is 5.69 Å². The van der Waals surface area contributed by atoms with Gasteiger partial charge in [0, 0.05) is 10.8 Å². The Kier molecular flexibility index (Phi) is 2.83. The topological polar surface area (TPSA) is 68.0 Å². The van der Waals surface area contributed by atoms with Crippen molar-refractivity contribution < 1.29 is 9.90 Å². The maximum Gasteiger partial charge on any atom is 0.358 e. The van der Waals surface area contributed by atoms with Crippen molar-refractivity contribution in [1.29, 1.82) is 0 Å². The molecule has 2 heterocycles. The fourth-order valence-electron chi connectivity index (χ4n) is 1.93. The first kappa shape index (κ1) is 11.7. The van der Waals surface area contributed by atoms with Gasteiger partial charge in [-0.15, -0.1) is 16.4 Å². The van der Waals surface area contributed by atoms with Gasteiger partial charge in [-0.3, -0.25) is 0 Å². The van der Waals surface area contributed by atoms with Gasteiger partial charge >= 0.3 is 5.97 Å². The number of hydrogen-bond acceptors (Lipinski definition) is 4. The summed E-state index contributed by atoms with van der Waals surface area (Å²) in [6.07, 6.45) is 2.03. The van der Waals surface area contributed by atoms with Crippen molar-refractivity contribution >= 4 is 28.9 Å². The molecule has 0 aliphatic heterocycles. The second kappa shape index (κ2) is 4.37. The van der Waals surface area contributed by atoms with E-state index in [0.29, 0.717) is 12.5 Å². The van der Waals surface area contributed by atoms with Crippen molar-refractivity contribution in [3.05, 3.63) is 32.7 Å². The molecule has 94 valence electrons. The molecule has 1 aliphatic carbocycles. The summed E-state index contributed by atoms with van der Waals surface area (Å²) in [5.41, 5.74) is 0.826. The Morgan fingerprint density at radius 2 is 2.33 bits per heavy atom. The molecule has 1 N–H and O–H groups in total. The predicted octanol–water partition coefficient (Wildman–Crippen LogP) is 2.62. The molecule has 0 unspecified atom stereocenters. The van der Waals surface area contributed by atoms with Gasteiger partial charge in [0.25, 0.3) is 0 Å². The number of aromatic carboxylic acids is 1. The maximum absolute atomic E-state index is 11.1. The van der Waals surface area contributed by atoms with E-state index in [1.807, 2.05) is 12.1 Å². The molecule has 0 bridgehead atoms. The number of thiophene rings is 1. The fourth-order valence-corrected chi connectivity index (χ4v) is 3.00. The SMILES string of the molecule is O=C(O)c1nnn(Cc2ccc(Cl)s2)c1C1CC1. The molecule has 1 saturated carbocycles. The van der Waals surface area contributed by atoms with Crippen LogP contribution in [0.25, 0.3) is 0 Å². The van der Waals surface area contributed by atoms with Crippen molar-refractivity contribution in [2.24, 2.45) is 0 Å². The third-order valence-electron chi connectivity index (χ3n) is 2.87. The molecule has 0 aromatic carbocycles. The van der Waals surface area contributed by atoms with Crippen LogP contribution in [0.15, 0.2) is 12.1 Å². The zero-order chi connectivity index (χ0) is 12.7. The van der Waals surface area contributed by atoms with Crippen LogP contribution >= 0.6 is 22.9 Å². The fraction of sp³-hybridized carbons (Fsp3) is 0.364. The van der Waals surface area contributed by atoms with Crippen molar-refractivity contribution in [1.82, 2.24) is 15.0 Å². The van der Waals surface area contributed by atoms with Gasteiger partial charge in [-0.1, -0.05) is 16.8 Å². The average Bonchev–Trinajstić information content (AvgIpc) is 2.94. The molecular formula is C11H10ClN3O2S. The lowest BCUT2D eigenvalue weighted by Crippen LogP contribution is -2.07. The van der Waals surface area contributed by atoms with Crippen LogP contribution in [-0.4, -0.2) is 26.1 Å². The second-order valence-corrected chi connectivity index (χ2v) is 6.07. The van der Waals surface area contributed by atoms with Crippen LogP contribution < -0.4 is 0 Å². The molecule has 0 saturated heterocycles. The highest BCUT2D eigenvalue weighted by atomic mass is 35.5. The average molecular weight is 284 g/mol. The quantitative estimate of drug-likeness (QED) is 0.936. The Morgan fingerprint density at radius 3 is 2.89 bits per heavy atom. The third kappa shape index (κ3) is 2.13. The number of aromatic nitrogens is 3. The molecule has 0 atom stereocenters. The second-order valence-electron chi connectivity index (χ2n) is 4.27. The van der Waals surface area contributed by atoms with E-state index in [4.69, 9.17) is 16.7 Å². The van der Waals surface area contributed by atoms with Crippen LogP contribution in [0.3, 0.4) is 0 Å². The number of rotatable bonds is 4. The minimum absolute atomic E-state index is 0.0835. The van der Waals surface area contributed by atoms with Gasteiger partial charge in [-0.05, 0) is 25.0 Å². The van der Waals surface area contributed by atoms with E-state index >= 15 is 0 Å². The first-order valence-corrected chi connectivity index (χ1v) is 6.75. The van der Waals surface area contributed by atoms with E-state index in [2.05, 4.69) is 10.3 Å². The maximum atomic E-state index is 11.1. The van der Waals surface area contributed by atoms with Gasteiger partial charge in [0.15, 0.2) is 5.69 Å². The molecule has 7 heteroatoms. The summed E-state index contributed by atoms with van der Waals surface area (Å²) in [5, 5.41) is 16.8. The van der Waals surface area contributed by atoms with Gasteiger partial charge in [0.05, 0.1) is 16.6 Å². The van der Waals surface area contributed by atoms with E-state index in [1.165, 1.54) is 11.3 Å². The third-order valence-corrected chi connectivity index (χ3v) is 4.09. The Labute approximate surface area is 112 Å². The van der Waals surface area contributed by atoms with E-state index < -0.39 is 5.97 Å². The highest BCUT2D eigenvalue weighted by Crippen LogP contribution is 2.41. The molecule has 2 aromatic rings. The summed E-state index contributed by atoms with van der Waals surface area (Å²) in [5.74, 6) is -0.714. The summed E-state index contributed by atoms with van der Waals surface area (Å²) in [6.45, 7) is 0.531. The lowest BCUT2D eigenvalue weighted by atomic mass is 10.2. The molecule has 1 fully saturated rings. The van der Waals surface area contributed by atoms with Crippen molar-refractivity contribution in [2.45, 2.75) is 25.3 Å². The molecule has 1 aliphatic rings.